The molecule has 0 bridgehead atoms. The Hall–Kier alpha value is -2.93. The molecule has 0 saturated carbocycles. The van der Waals surface area contributed by atoms with Gasteiger partial charge in [0.1, 0.15) is 17.5 Å². The number of carbonyl (C=O) groups is 1. The van der Waals surface area contributed by atoms with Crippen LogP contribution in [-0.4, -0.2) is 5.91 Å². The van der Waals surface area contributed by atoms with E-state index in [1.165, 1.54) is 30.3 Å². The first kappa shape index (κ1) is 13.5. The number of halogens is 1. The Morgan fingerprint density at radius 1 is 1.10 bits per heavy atom. The number of amides is 1. The van der Waals surface area contributed by atoms with Crippen molar-refractivity contribution in [1.29, 1.82) is 5.26 Å². The van der Waals surface area contributed by atoms with Crippen molar-refractivity contribution in [2.45, 2.75) is 0 Å². The first-order valence-corrected chi connectivity index (χ1v) is 5.93. The van der Waals surface area contributed by atoms with Crippen molar-refractivity contribution in [2.24, 2.45) is 0 Å². The summed E-state index contributed by atoms with van der Waals surface area (Å²) in [6.45, 7) is 0. The molecule has 0 aliphatic carbocycles. The lowest BCUT2D eigenvalue weighted by atomic mass is 10.1. The van der Waals surface area contributed by atoms with Gasteiger partial charge in [0.25, 0.3) is 5.91 Å². The highest BCUT2D eigenvalue weighted by molar-refractivity contribution is 6.09. The molecule has 4 heteroatoms. The number of hydrogen-bond donors (Lipinski definition) is 1. The van der Waals surface area contributed by atoms with Crippen LogP contribution in [0.1, 0.15) is 5.56 Å². The molecule has 3 nitrogen and oxygen atoms in total. The molecule has 2 rings (SSSR count). The van der Waals surface area contributed by atoms with Crippen LogP contribution in [0.5, 0.6) is 0 Å². The molecule has 2 aromatic rings. The predicted octanol–water partition coefficient (Wildman–Crippen LogP) is 3.37. The number of rotatable bonds is 3. The summed E-state index contributed by atoms with van der Waals surface area (Å²) in [5, 5.41) is 11.6. The van der Waals surface area contributed by atoms with Crippen LogP contribution in [0.3, 0.4) is 0 Å². The highest BCUT2D eigenvalue weighted by atomic mass is 19.1. The van der Waals surface area contributed by atoms with Gasteiger partial charge in [-0.15, -0.1) is 0 Å². The van der Waals surface area contributed by atoms with Gasteiger partial charge in [0, 0.05) is 5.69 Å². The number of anilines is 1. The third-order valence-corrected chi connectivity index (χ3v) is 2.58. The van der Waals surface area contributed by atoms with Crippen molar-refractivity contribution in [3.63, 3.8) is 0 Å². The van der Waals surface area contributed by atoms with E-state index in [9.17, 15) is 9.18 Å². The highest BCUT2D eigenvalue weighted by Gasteiger charge is 2.09. The first-order chi connectivity index (χ1) is 9.69. The molecule has 1 amide bonds. The van der Waals surface area contributed by atoms with Crippen LogP contribution in [0, 0.1) is 17.1 Å². The summed E-state index contributed by atoms with van der Waals surface area (Å²) < 4.78 is 12.8. The maximum Gasteiger partial charge on any atom is 0.266 e. The summed E-state index contributed by atoms with van der Waals surface area (Å²) in [6.07, 6.45) is 1.50. The summed E-state index contributed by atoms with van der Waals surface area (Å²) in [4.78, 5) is 11.9. The van der Waals surface area contributed by atoms with E-state index in [4.69, 9.17) is 5.26 Å². The molecule has 1 N–H and O–H groups in total. The molecule has 0 atom stereocenters. The molecule has 0 heterocycles. The number of nitriles is 1. The molecule has 98 valence electrons. The van der Waals surface area contributed by atoms with Gasteiger partial charge in [0.2, 0.25) is 0 Å². The topological polar surface area (TPSA) is 52.9 Å². The van der Waals surface area contributed by atoms with Crippen molar-refractivity contribution >= 4 is 17.7 Å². The minimum Gasteiger partial charge on any atom is -0.321 e. The second-order valence-corrected chi connectivity index (χ2v) is 4.04. The molecule has 0 aliphatic heterocycles. The van der Waals surface area contributed by atoms with Crippen molar-refractivity contribution in [2.75, 3.05) is 5.32 Å². The van der Waals surface area contributed by atoms with E-state index in [0.29, 0.717) is 5.69 Å². The predicted molar refractivity (Wildman–Crippen MR) is 75.1 cm³/mol. The van der Waals surface area contributed by atoms with Gasteiger partial charge in [0.15, 0.2) is 0 Å². The Morgan fingerprint density at radius 2 is 1.75 bits per heavy atom. The summed E-state index contributed by atoms with van der Waals surface area (Å²) >= 11 is 0. The van der Waals surface area contributed by atoms with Crippen LogP contribution in [0.25, 0.3) is 6.08 Å². The van der Waals surface area contributed by atoms with Gasteiger partial charge in [-0.2, -0.15) is 5.26 Å². The standard InChI is InChI=1S/C16H11FN2O/c17-14-6-8-15(9-7-14)19-16(20)13(11-18)10-12-4-2-1-3-5-12/h1-10H,(H,19,20)/b13-10-. The average molecular weight is 266 g/mol. The lowest BCUT2D eigenvalue weighted by Gasteiger charge is -2.04. The van der Waals surface area contributed by atoms with E-state index >= 15 is 0 Å². The molecule has 20 heavy (non-hydrogen) atoms. The largest absolute Gasteiger partial charge is 0.321 e. The van der Waals surface area contributed by atoms with E-state index in [-0.39, 0.29) is 11.4 Å². The Kier molecular flexibility index (Phi) is 4.25. The maximum atomic E-state index is 12.8. The molecule has 0 aromatic heterocycles. The second-order valence-electron chi connectivity index (χ2n) is 4.04. The SMILES string of the molecule is N#C/C(=C/c1ccccc1)C(=O)Nc1ccc(F)cc1. The van der Waals surface area contributed by atoms with Gasteiger partial charge in [0.05, 0.1) is 0 Å². The fourth-order valence-electron chi connectivity index (χ4n) is 1.60. The summed E-state index contributed by atoms with van der Waals surface area (Å²) in [5.74, 6) is -0.911. The minimum absolute atomic E-state index is 0.0134. The fraction of sp³-hybridized carbons (Fsp3) is 0. The second kappa shape index (κ2) is 6.30. The van der Waals surface area contributed by atoms with Gasteiger partial charge in [-0.1, -0.05) is 30.3 Å². The zero-order chi connectivity index (χ0) is 14.4. The summed E-state index contributed by atoms with van der Waals surface area (Å²) in [5.41, 5.74) is 1.18. The van der Waals surface area contributed by atoms with Crippen LogP contribution >= 0.6 is 0 Å². The Labute approximate surface area is 116 Å². The van der Waals surface area contributed by atoms with Crippen LogP contribution in [0.15, 0.2) is 60.2 Å². The van der Waals surface area contributed by atoms with E-state index in [2.05, 4.69) is 5.32 Å². The van der Waals surface area contributed by atoms with Gasteiger partial charge >= 0.3 is 0 Å². The lowest BCUT2D eigenvalue weighted by Crippen LogP contribution is -2.13. The Bertz CT molecular complexity index is 670. The van der Waals surface area contributed by atoms with Crippen LogP contribution in [0.2, 0.25) is 0 Å². The number of nitrogens with one attached hydrogen (secondary N) is 1. The number of nitrogens with zero attached hydrogens (tertiary/aromatic N) is 1. The van der Waals surface area contributed by atoms with Crippen molar-refractivity contribution in [1.82, 2.24) is 0 Å². The maximum absolute atomic E-state index is 12.8. The summed E-state index contributed by atoms with van der Waals surface area (Å²) in [7, 11) is 0. The van der Waals surface area contributed by atoms with Gasteiger partial charge in [-0.05, 0) is 35.9 Å². The Morgan fingerprint density at radius 3 is 2.35 bits per heavy atom. The van der Waals surface area contributed by atoms with Gasteiger partial charge < -0.3 is 5.32 Å². The number of hydrogen-bond acceptors (Lipinski definition) is 2. The fourth-order valence-corrected chi connectivity index (χ4v) is 1.60. The zero-order valence-corrected chi connectivity index (χ0v) is 10.5. The van der Waals surface area contributed by atoms with Crippen LogP contribution < -0.4 is 5.32 Å². The van der Waals surface area contributed by atoms with Crippen molar-refractivity contribution < 1.29 is 9.18 Å². The molecule has 0 spiro atoms. The highest BCUT2D eigenvalue weighted by Crippen LogP contribution is 2.11. The van der Waals surface area contributed by atoms with Crippen molar-refractivity contribution in [3.05, 3.63) is 71.6 Å². The first-order valence-electron chi connectivity index (χ1n) is 5.93. The van der Waals surface area contributed by atoms with E-state index in [1.807, 2.05) is 24.3 Å². The third-order valence-electron chi connectivity index (χ3n) is 2.58. The molecule has 0 fully saturated rings. The zero-order valence-electron chi connectivity index (χ0n) is 10.5. The minimum atomic E-state index is -0.525. The van der Waals surface area contributed by atoms with E-state index < -0.39 is 5.91 Å². The third kappa shape index (κ3) is 3.53. The van der Waals surface area contributed by atoms with Crippen molar-refractivity contribution in [3.8, 4) is 6.07 Å². The Balaban J connectivity index is 2.16. The molecule has 0 unspecified atom stereocenters. The van der Waals surface area contributed by atoms with E-state index in [1.54, 1.807) is 12.1 Å². The van der Waals surface area contributed by atoms with Gasteiger partial charge in [-0.25, -0.2) is 4.39 Å². The number of carbonyl (C=O) groups excluding carboxylic acids is 1. The smallest absolute Gasteiger partial charge is 0.266 e. The molecule has 2 aromatic carbocycles. The lowest BCUT2D eigenvalue weighted by molar-refractivity contribution is -0.112. The van der Waals surface area contributed by atoms with Crippen LogP contribution in [-0.2, 0) is 4.79 Å². The average Bonchev–Trinajstić information content (AvgIpc) is 2.48. The normalized spacial score (nSPS) is 10.7. The molecular formula is C16H11FN2O. The van der Waals surface area contributed by atoms with Crippen LogP contribution in [0.4, 0.5) is 10.1 Å². The monoisotopic (exact) mass is 266 g/mol. The molecule has 0 saturated heterocycles. The molecule has 0 radical (unpaired) electrons. The quantitative estimate of drug-likeness (QED) is 0.684. The number of benzene rings is 2. The summed E-state index contributed by atoms with van der Waals surface area (Å²) in [6, 6.07) is 16.3. The van der Waals surface area contributed by atoms with Gasteiger partial charge in [-0.3, -0.25) is 4.79 Å². The molecular weight excluding hydrogens is 255 g/mol. The van der Waals surface area contributed by atoms with E-state index in [0.717, 1.165) is 5.56 Å². The molecule has 0 aliphatic rings.